The lowest BCUT2D eigenvalue weighted by molar-refractivity contribution is 0.620. The molecule has 0 radical (unpaired) electrons. The largest absolute Gasteiger partial charge is 0.308 e. The smallest absolute Gasteiger partial charge is 0.123 e. The molecule has 0 atom stereocenters. The molecule has 16 heavy (non-hydrogen) atoms. The third-order valence-electron chi connectivity index (χ3n) is 2.47. The van der Waals surface area contributed by atoms with E-state index in [1.165, 1.54) is 16.5 Å². The van der Waals surface area contributed by atoms with Gasteiger partial charge in [-0.1, -0.05) is 12.1 Å². The molecule has 0 spiro atoms. The maximum Gasteiger partial charge on any atom is 0.123 e. The highest BCUT2D eigenvalue weighted by Crippen LogP contribution is 2.15. The SMILES string of the molecule is Cc1ccsc1CNCc1cccc(F)c1. The number of thiophene rings is 1. The third-order valence-corrected chi connectivity index (χ3v) is 3.49. The number of nitrogens with one attached hydrogen (secondary N) is 1. The molecule has 0 saturated heterocycles. The van der Waals surface area contributed by atoms with Crippen molar-refractivity contribution < 1.29 is 4.39 Å². The van der Waals surface area contributed by atoms with Crippen molar-refractivity contribution in [3.8, 4) is 0 Å². The summed E-state index contributed by atoms with van der Waals surface area (Å²) in [4.78, 5) is 1.34. The van der Waals surface area contributed by atoms with E-state index in [-0.39, 0.29) is 5.82 Å². The molecule has 0 saturated carbocycles. The quantitative estimate of drug-likeness (QED) is 0.855. The first kappa shape index (κ1) is 11.3. The van der Waals surface area contributed by atoms with E-state index in [0.717, 1.165) is 12.1 Å². The summed E-state index contributed by atoms with van der Waals surface area (Å²) >= 11 is 1.75. The lowest BCUT2D eigenvalue weighted by atomic mass is 10.2. The van der Waals surface area contributed by atoms with Crippen LogP contribution in [0.5, 0.6) is 0 Å². The van der Waals surface area contributed by atoms with Crippen LogP contribution in [-0.2, 0) is 13.1 Å². The molecule has 1 nitrogen and oxygen atoms in total. The van der Waals surface area contributed by atoms with E-state index in [1.807, 2.05) is 6.07 Å². The first-order valence-corrected chi connectivity index (χ1v) is 6.12. The molecule has 1 aromatic heterocycles. The average molecular weight is 235 g/mol. The van der Waals surface area contributed by atoms with E-state index in [1.54, 1.807) is 23.5 Å². The van der Waals surface area contributed by atoms with Gasteiger partial charge in [-0.05, 0) is 41.6 Å². The zero-order chi connectivity index (χ0) is 11.4. The van der Waals surface area contributed by atoms with Gasteiger partial charge in [0, 0.05) is 18.0 Å². The van der Waals surface area contributed by atoms with E-state index in [2.05, 4.69) is 23.7 Å². The molecule has 0 aliphatic heterocycles. The first-order valence-electron chi connectivity index (χ1n) is 5.24. The highest BCUT2D eigenvalue weighted by atomic mass is 32.1. The Morgan fingerprint density at radius 2 is 2.12 bits per heavy atom. The summed E-state index contributed by atoms with van der Waals surface area (Å²) in [6.45, 7) is 3.66. The van der Waals surface area contributed by atoms with E-state index in [4.69, 9.17) is 0 Å². The molecule has 0 aliphatic rings. The van der Waals surface area contributed by atoms with E-state index < -0.39 is 0 Å². The Morgan fingerprint density at radius 1 is 1.25 bits per heavy atom. The lowest BCUT2D eigenvalue weighted by Gasteiger charge is -2.04. The van der Waals surface area contributed by atoms with Crippen molar-refractivity contribution in [3.05, 3.63) is 57.5 Å². The van der Waals surface area contributed by atoms with Crippen LogP contribution in [-0.4, -0.2) is 0 Å². The van der Waals surface area contributed by atoms with Crippen molar-refractivity contribution in [2.45, 2.75) is 20.0 Å². The van der Waals surface area contributed by atoms with Gasteiger partial charge in [-0.2, -0.15) is 0 Å². The predicted octanol–water partition coefficient (Wildman–Crippen LogP) is 3.49. The van der Waals surface area contributed by atoms with Crippen LogP contribution >= 0.6 is 11.3 Å². The fraction of sp³-hybridized carbons (Fsp3) is 0.231. The second kappa shape index (κ2) is 5.23. The molecular formula is C13H14FNS. The second-order valence-corrected chi connectivity index (χ2v) is 4.76. The Balaban J connectivity index is 1.87. The van der Waals surface area contributed by atoms with Crippen LogP contribution < -0.4 is 5.32 Å². The number of aryl methyl sites for hydroxylation is 1. The van der Waals surface area contributed by atoms with Gasteiger partial charge in [0.25, 0.3) is 0 Å². The van der Waals surface area contributed by atoms with Gasteiger partial charge in [-0.3, -0.25) is 0 Å². The second-order valence-electron chi connectivity index (χ2n) is 3.76. The van der Waals surface area contributed by atoms with Crippen LogP contribution in [0.25, 0.3) is 0 Å². The van der Waals surface area contributed by atoms with Gasteiger partial charge in [0.1, 0.15) is 5.82 Å². The van der Waals surface area contributed by atoms with Crippen molar-refractivity contribution >= 4 is 11.3 Å². The van der Waals surface area contributed by atoms with Crippen LogP contribution in [0.4, 0.5) is 4.39 Å². The van der Waals surface area contributed by atoms with Crippen LogP contribution in [0.15, 0.2) is 35.7 Å². The van der Waals surface area contributed by atoms with Gasteiger partial charge in [0.2, 0.25) is 0 Å². The van der Waals surface area contributed by atoms with Gasteiger partial charge in [0.05, 0.1) is 0 Å². The molecule has 1 heterocycles. The highest BCUT2D eigenvalue weighted by Gasteiger charge is 1.99. The third kappa shape index (κ3) is 2.90. The first-order chi connectivity index (χ1) is 7.75. The molecule has 0 amide bonds. The van der Waals surface area contributed by atoms with Crippen molar-refractivity contribution in [1.29, 1.82) is 0 Å². The fourth-order valence-corrected chi connectivity index (χ4v) is 2.43. The van der Waals surface area contributed by atoms with Crippen LogP contribution in [0, 0.1) is 12.7 Å². The summed E-state index contributed by atoms with van der Waals surface area (Å²) in [5, 5.41) is 5.41. The number of rotatable bonds is 4. The Morgan fingerprint density at radius 3 is 2.81 bits per heavy atom. The van der Waals surface area contributed by atoms with Gasteiger partial charge in [-0.15, -0.1) is 11.3 Å². The standard InChI is InChI=1S/C13H14FNS/c1-10-5-6-16-13(10)9-15-8-11-3-2-4-12(14)7-11/h2-7,15H,8-9H2,1H3. The van der Waals surface area contributed by atoms with E-state index >= 15 is 0 Å². The molecule has 84 valence electrons. The Bertz CT molecular complexity index is 464. The van der Waals surface area contributed by atoms with Crippen LogP contribution in [0.2, 0.25) is 0 Å². The molecule has 2 rings (SSSR count). The summed E-state index contributed by atoms with van der Waals surface area (Å²) < 4.78 is 12.9. The molecule has 1 aromatic carbocycles. The monoisotopic (exact) mass is 235 g/mol. The molecule has 0 unspecified atom stereocenters. The number of hydrogen-bond acceptors (Lipinski definition) is 2. The zero-order valence-corrected chi connectivity index (χ0v) is 9.98. The minimum Gasteiger partial charge on any atom is -0.308 e. The summed E-state index contributed by atoms with van der Waals surface area (Å²) in [6.07, 6.45) is 0. The van der Waals surface area contributed by atoms with Crippen molar-refractivity contribution in [3.63, 3.8) is 0 Å². The van der Waals surface area contributed by atoms with Crippen molar-refractivity contribution in [1.82, 2.24) is 5.32 Å². The Labute approximate surface area is 98.9 Å². The van der Waals surface area contributed by atoms with Gasteiger partial charge >= 0.3 is 0 Å². The summed E-state index contributed by atoms with van der Waals surface area (Å²) in [5.74, 6) is -0.174. The van der Waals surface area contributed by atoms with E-state index in [0.29, 0.717) is 6.54 Å². The topological polar surface area (TPSA) is 12.0 Å². The van der Waals surface area contributed by atoms with Gasteiger partial charge in [-0.25, -0.2) is 4.39 Å². The number of halogens is 1. The molecule has 0 fully saturated rings. The molecule has 1 N–H and O–H groups in total. The predicted molar refractivity (Wildman–Crippen MR) is 66.0 cm³/mol. The molecule has 0 bridgehead atoms. The molecule has 3 heteroatoms. The summed E-state index contributed by atoms with van der Waals surface area (Å²) in [6, 6.07) is 8.81. The minimum absolute atomic E-state index is 0.174. The molecular weight excluding hydrogens is 221 g/mol. The summed E-state index contributed by atoms with van der Waals surface area (Å²) in [5.41, 5.74) is 2.30. The van der Waals surface area contributed by atoms with Crippen LogP contribution in [0.3, 0.4) is 0 Å². The maximum absolute atomic E-state index is 12.9. The number of benzene rings is 1. The molecule has 0 aliphatic carbocycles. The Kier molecular flexibility index (Phi) is 3.70. The van der Waals surface area contributed by atoms with Gasteiger partial charge in [0.15, 0.2) is 0 Å². The Hall–Kier alpha value is -1.19. The zero-order valence-electron chi connectivity index (χ0n) is 9.16. The number of hydrogen-bond donors (Lipinski definition) is 1. The normalized spacial score (nSPS) is 10.6. The van der Waals surface area contributed by atoms with Crippen molar-refractivity contribution in [2.24, 2.45) is 0 Å². The fourth-order valence-electron chi connectivity index (χ4n) is 1.55. The van der Waals surface area contributed by atoms with Crippen molar-refractivity contribution in [2.75, 3.05) is 0 Å². The summed E-state index contributed by atoms with van der Waals surface area (Å²) in [7, 11) is 0. The average Bonchev–Trinajstić information content (AvgIpc) is 2.65. The van der Waals surface area contributed by atoms with Crippen LogP contribution in [0.1, 0.15) is 16.0 Å². The minimum atomic E-state index is -0.174. The highest BCUT2D eigenvalue weighted by molar-refractivity contribution is 7.10. The van der Waals surface area contributed by atoms with Gasteiger partial charge < -0.3 is 5.32 Å². The lowest BCUT2D eigenvalue weighted by Crippen LogP contribution is -2.12. The maximum atomic E-state index is 12.9. The molecule has 2 aromatic rings. The van der Waals surface area contributed by atoms with E-state index in [9.17, 15) is 4.39 Å².